The number of H-pyrrole nitrogens is 1. The summed E-state index contributed by atoms with van der Waals surface area (Å²) < 4.78 is 0. The van der Waals surface area contributed by atoms with Gasteiger partial charge in [-0.05, 0) is 11.6 Å². The van der Waals surface area contributed by atoms with Crippen molar-refractivity contribution in [2.24, 2.45) is 0 Å². The molecule has 1 N–H and O–H groups in total. The van der Waals surface area contributed by atoms with Crippen LogP contribution in [0.4, 0.5) is 0 Å². The van der Waals surface area contributed by atoms with Crippen molar-refractivity contribution in [1.29, 1.82) is 0 Å². The van der Waals surface area contributed by atoms with Gasteiger partial charge in [0.25, 0.3) is 0 Å². The van der Waals surface area contributed by atoms with Gasteiger partial charge in [0.2, 0.25) is 5.54 Å². The number of ketones is 1. The molecule has 128 valence electrons. The minimum Gasteiger partial charge on any atom is -0.361 e. The molecule has 1 heterocycles. The quantitative estimate of drug-likeness (QED) is 0.407. The average Bonchev–Trinajstić information content (AvgIpc) is 3.03. The van der Waals surface area contributed by atoms with Crippen molar-refractivity contribution in [3.8, 4) is 0 Å². The molecule has 5 heteroatoms. The molecule has 0 radical (unpaired) electrons. The second-order valence-electron chi connectivity index (χ2n) is 6.75. The van der Waals surface area contributed by atoms with Crippen LogP contribution in [0.2, 0.25) is 0 Å². The number of nitrogens with one attached hydrogen (secondary N) is 1. The van der Waals surface area contributed by atoms with E-state index >= 15 is 0 Å². The summed E-state index contributed by atoms with van der Waals surface area (Å²) in [5, 5.41) is 12.6. The van der Waals surface area contributed by atoms with Gasteiger partial charge >= 0.3 is 0 Å². The number of para-hydroxylation sites is 1. The molecule has 0 bridgehead atoms. The lowest BCUT2D eigenvalue weighted by Gasteiger charge is -2.26. The number of aromatic amines is 1. The van der Waals surface area contributed by atoms with Crippen LogP contribution in [0, 0.1) is 10.1 Å². The fourth-order valence-corrected chi connectivity index (χ4v) is 3.18. The molecule has 0 amide bonds. The summed E-state index contributed by atoms with van der Waals surface area (Å²) >= 11 is 0. The van der Waals surface area contributed by atoms with Gasteiger partial charge in [-0.2, -0.15) is 0 Å². The van der Waals surface area contributed by atoms with Gasteiger partial charge in [0.15, 0.2) is 5.78 Å². The molecule has 0 saturated heterocycles. The zero-order chi connectivity index (χ0) is 18.0. The first kappa shape index (κ1) is 16.9. The lowest BCUT2D eigenvalue weighted by molar-refractivity contribution is -0.565. The minimum absolute atomic E-state index is 0.0832. The molecule has 0 fully saturated rings. The van der Waals surface area contributed by atoms with E-state index < -0.39 is 11.5 Å². The van der Waals surface area contributed by atoms with Gasteiger partial charge < -0.3 is 4.98 Å². The Morgan fingerprint density at radius 1 is 1.12 bits per heavy atom. The van der Waals surface area contributed by atoms with E-state index in [4.69, 9.17) is 0 Å². The zero-order valence-corrected chi connectivity index (χ0v) is 14.2. The Bertz CT molecular complexity index is 913. The van der Waals surface area contributed by atoms with Gasteiger partial charge in [-0.3, -0.25) is 14.9 Å². The van der Waals surface area contributed by atoms with E-state index in [0.29, 0.717) is 5.56 Å². The molecule has 3 rings (SSSR count). The van der Waals surface area contributed by atoms with Crippen molar-refractivity contribution in [1.82, 2.24) is 4.98 Å². The molecular formula is C20H20N2O3. The van der Waals surface area contributed by atoms with Gasteiger partial charge in [-0.1, -0.05) is 48.5 Å². The number of benzene rings is 2. The van der Waals surface area contributed by atoms with E-state index in [9.17, 15) is 14.9 Å². The van der Waals surface area contributed by atoms with Crippen LogP contribution in [0.25, 0.3) is 10.9 Å². The molecule has 2 aromatic carbocycles. The maximum absolute atomic E-state index is 12.7. The Morgan fingerprint density at radius 2 is 1.76 bits per heavy atom. The zero-order valence-electron chi connectivity index (χ0n) is 14.2. The Morgan fingerprint density at radius 3 is 2.44 bits per heavy atom. The van der Waals surface area contributed by atoms with Crippen LogP contribution >= 0.6 is 0 Å². The number of rotatable bonds is 6. The predicted octanol–water partition coefficient (Wildman–Crippen LogP) is 4.58. The summed E-state index contributed by atoms with van der Waals surface area (Å²) in [4.78, 5) is 27.3. The smallest absolute Gasteiger partial charge is 0.224 e. The normalized spacial score (nSPS) is 12.9. The van der Waals surface area contributed by atoms with Crippen LogP contribution in [-0.2, 0) is 0 Å². The summed E-state index contributed by atoms with van der Waals surface area (Å²) in [7, 11) is 0. The van der Waals surface area contributed by atoms with Gasteiger partial charge in [-0.25, -0.2) is 0 Å². The van der Waals surface area contributed by atoms with Gasteiger partial charge in [0.1, 0.15) is 0 Å². The van der Waals surface area contributed by atoms with Crippen molar-refractivity contribution >= 4 is 16.7 Å². The van der Waals surface area contributed by atoms with Gasteiger partial charge in [0, 0.05) is 47.9 Å². The lowest BCUT2D eigenvalue weighted by atomic mass is 9.78. The molecule has 1 atom stereocenters. The van der Waals surface area contributed by atoms with Gasteiger partial charge in [0.05, 0.1) is 5.92 Å². The first-order valence-corrected chi connectivity index (χ1v) is 8.20. The standard InChI is InChI=1S/C20H20N2O3/c1-20(2,22(24)25)17(12-19(23)14-8-4-3-5-9-14)16-13-21-18-11-7-6-10-15(16)18/h3-11,13,17,21H,12H2,1-2H3. The molecule has 0 spiro atoms. The van der Waals surface area contributed by atoms with E-state index in [1.807, 2.05) is 30.3 Å². The number of nitro groups is 1. The number of aromatic nitrogens is 1. The summed E-state index contributed by atoms with van der Waals surface area (Å²) in [6.45, 7) is 3.16. The number of fused-ring (bicyclic) bond motifs is 1. The molecule has 1 unspecified atom stereocenters. The third-order valence-electron chi connectivity index (χ3n) is 4.81. The molecule has 0 saturated carbocycles. The molecule has 1 aromatic heterocycles. The number of carbonyl (C=O) groups excluding carboxylic acids is 1. The number of hydrogen-bond donors (Lipinski definition) is 1. The summed E-state index contributed by atoms with van der Waals surface area (Å²) in [6.07, 6.45) is 1.87. The fourth-order valence-electron chi connectivity index (χ4n) is 3.18. The first-order chi connectivity index (χ1) is 11.9. The highest BCUT2D eigenvalue weighted by atomic mass is 16.6. The third-order valence-corrected chi connectivity index (χ3v) is 4.81. The van der Waals surface area contributed by atoms with Gasteiger partial charge in [-0.15, -0.1) is 0 Å². The minimum atomic E-state index is -1.27. The van der Waals surface area contributed by atoms with Crippen molar-refractivity contribution in [3.05, 3.63) is 82.0 Å². The molecular weight excluding hydrogens is 316 g/mol. The Kier molecular flexibility index (Phi) is 4.40. The van der Waals surface area contributed by atoms with Crippen molar-refractivity contribution in [2.45, 2.75) is 31.7 Å². The second-order valence-corrected chi connectivity index (χ2v) is 6.75. The first-order valence-electron chi connectivity index (χ1n) is 8.20. The Hall–Kier alpha value is -2.95. The highest BCUT2D eigenvalue weighted by Crippen LogP contribution is 2.38. The molecule has 25 heavy (non-hydrogen) atoms. The van der Waals surface area contributed by atoms with Crippen LogP contribution in [-0.4, -0.2) is 21.2 Å². The highest BCUT2D eigenvalue weighted by molar-refractivity contribution is 5.97. The summed E-state index contributed by atoms with van der Waals surface area (Å²) in [6, 6.07) is 16.6. The molecule has 0 aliphatic rings. The maximum atomic E-state index is 12.7. The Balaban J connectivity index is 2.05. The van der Waals surface area contributed by atoms with E-state index in [2.05, 4.69) is 4.98 Å². The van der Waals surface area contributed by atoms with Crippen LogP contribution in [0.5, 0.6) is 0 Å². The summed E-state index contributed by atoms with van der Waals surface area (Å²) in [5.74, 6) is -0.628. The topological polar surface area (TPSA) is 76.0 Å². The van der Waals surface area contributed by atoms with Crippen LogP contribution < -0.4 is 0 Å². The highest BCUT2D eigenvalue weighted by Gasteiger charge is 2.43. The third kappa shape index (κ3) is 3.18. The van der Waals surface area contributed by atoms with E-state index in [0.717, 1.165) is 16.5 Å². The van der Waals surface area contributed by atoms with E-state index in [-0.39, 0.29) is 17.1 Å². The number of Topliss-reactive ketones (excluding diaryl/α,β-unsaturated/α-hetero) is 1. The summed E-state index contributed by atoms with van der Waals surface area (Å²) in [5.41, 5.74) is 1.02. The average molecular weight is 336 g/mol. The number of carbonyl (C=O) groups is 1. The number of nitrogens with zero attached hydrogens (tertiary/aromatic N) is 1. The number of hydrogen-bond acceptors (Lipinski definition) is 3. The van der Waals surface area contributed by atoms with Crippen LogP contribution in [0.3, 0.4) is 0 Å². The molecule has 0 aliphatic carbocycles. The molecule has 5 nitrogen and oxygen atoms in total. The van der Waals surface area contributed by atoms with Crippen molar-refractivity contribution < 1.29 is 9.72 Å². The van der Waals surface area contributed by atoms with Crippen molar-refractivity contribution in [2.75, 3.05) is 0 Å². The SMILES string of the molecule is CC(C)(C(CC(=O)c1ccccc1)c1c[nH]c2ccccc12)[N+](=O)[O-]. The van der Waals surface area contributed by atoms with Crippen LogP contribution in [0.1, 0.15) is 42.1 Å². The molecule has 3 aromatic rings. The second kappa shape index (κ2) is 6.51. The van der Waals surface area contributed by atoms with Crippen LogP contribution in [0.15, 0.2) is 60.8 Å². The lowest BCUT2D eigenvalue weighted by Crippen LogP contribution is -2.39. The van der Waals surface area contributed by atoms with Crippen molar-refractivity contribution in [3.63, 3.8) is 0 Å². The van der Waals surface area contributed by atoms with E-state index in [1.54, 1.807) is 44.3 Å². The maximum Gasteiger partial charge on any atom is 0.224 e. The Labute approximate surface area is 145 Å². The largest absolute Gasteiger partial charge is 0.361 e. The molecule has 0 aliphatic heterocycles. The fraction of sp³-hybridized carbons (Fsp3) is 0.250. The monoisotopic (exact) mass is 336 g/mol. The van der Waals surface area contributed by atoms with E-state index in [1.165, 1.54) is 0 Å². The predicted molar refractivity (Wildman–Crippen MR) is 97.5 cm³/mol.